The zero-order valence-electron chi connectivity index (χ0n) is 15.1. The summed E-state index contributed by atoms with van der Waals surface area (Å²) >= 11 is 0. The van der Waals surface area contributed by atoms with E-state index in [0.29, 0.717) is 11.3 Å². The predicted octanol–water partition coefficient (Wildman–Crippen LogP) is 3.82. The molecule has 0 aliphatic carbocycles. The lowest BCUT2D eigenvalue weighted by molar-refractivity contribution is -0.137. The van der Waals surface area contributed by atoms with Crippen LogP contribution in [0.15, 0.2) is 53.1 Å². The molecule has 1 aromatic heterocycles. The highest BCUT2D eigenvalue weighted by Crippen LogP contribution is 2.32. The van der Waals surface area contributed by atoms with Gasteiger partial charge in [0.2, 0.25) is 17.6 Å². The second-order valence-corrected chi connectivity index (χ2v) is 6.38. The Morgan fingerprint density at radius 3 is 2.23 bits per heavy atom. The maximum Gasteiger partial charge on any atom is 0.416 e. The van der Waals surface area contributed by atoms with Crippen molar-refractivity contribution < 1.29 is 32.0 Å². The third-order valence-electron chi connectivity index (χ3n) is 4.22. The molecule has 3 aromatic rings. The number of imide groups is 1. The van der Waals surface area contributed by atoms with Crippen LogP contribution in [0.1, 0.15) is 23.9 Å². The SMILES string of the molecule is O=C1CC(c2nc(-c3ccc(Oc4ccc(C(F)(F)F)cc4)cc3)no2)NC(=O)N1. The molecular weight excluding hydrogens is 405 g/mol. The normalized spacial score (nSPS) is 16.7. The molecule has 1 aliphatic rings. The molecule has 11 heteroatoms. The lowest BCUT2D eigenvalue weighted by Crippen LogP contribution is -2.48. The van der Waals surface area contributed by atoms with E-state index < -0.39 is 29.7 Å². The number of carbonyl (C=O) groups is 2. The van der Waals surface area contributed by atoms with Crippen LogP contribution >= 0.6 is 0 Å². The van der Waals surface area contributed by atoms with E-state index in [9.17, 15) is 22.8 Å². The molecule has 8 nitrogen and oxygen atoms in total. The van der Waals surface area contributed by atoms with Crippen LogP contribution in [-0.4, -0.2) is 22.1 Å². The molecule has 0 saturated carbocycles. The first-order valence-corrected chi connectivity index (χ1v) is 8.67. The first kappa shape index (κ1) is 19.4. The van der Waals surface area contributed by atoms with Crippen LogP contribution in [-0.2, 0) is 11.0 Å². The van der Waals surface area contributed by atoms with Crippen LogP contribution < -0.4 is 15.4 Å². The first-order chi connectivity index (χ1) is 14.3. The molecule has 3 amide bonds. The maximum absolute atomic E-state index is 12.6. The van der Waals surface area contributed by atoms with E-state index in [1.807, 2.05) is 0 Å². The minimum Gasteiger partial charge on any atom is -0.457 e. The summed E-state index contributed by atoms with van der Waals surface area (Å²) < 4.78 is 48.5. The molecule has 154 valence electrons. The summed E-state index contributed by atoms with van der Waals surface area (Å²) in [6.07, 6.45) is -4.43. The van der Waals surface area contributed by atoms with E-state index in [-0.39, 0.29) is 23.9 Å². The van der Waals surface area contributed by atoms with Crippen molar-refractivity contribution in [3.63, 3.8) is 0 Å². The fraction of sp³-hybridized carbons (Fsp3) is 0.158. The fourth-order valence-corrected chi connectivity index (χ4v) is 2.77. The van der Waals surface area contributed by atoms with Crippen molar-refractivity contribution in [1.29, 1.82) is 0 Å². The van der Waals surface area contributed by atoms with Gasteiger partial charge in [0.05, 0.1) is 12.0 Å². The second kappa shape index (κ2) is 7.50. The van der Waals surface area contributed by atoms with Crippen molar-refractivity contribution in [1.82, 2.24) is 20.8 Å². The van der Waals surface area contributed by atoms with Gasteiger partial charge in [0.15, 0.2) is 0 Å². The molecule has 0 spiro atoms. The third-order valence-corrected chi connectivity index (χ3v) is 4.22. The summed E-state index contributed by atoms with van der Waals surface area (Å²) in [6.45, 7) is 0. The van der Waals surface area contributed by atoms with Gasteiger partial charge in [-0.3, -0.25) is 10.1 Å². The van der Waals surface area contributed by atoms with Crippen LogP contribution in [0.5, 0.6) is 11.5 Å². The summed E-state index contributed by atoms with van der Waals surface area (Å²) in [7, 11) is 0. The van der Waals surface area contributed by atoms with E-state index in [2.05, 4.69) is 20.8 Å². The van der Waals surface area contributed by atoms with Gasteiger partial charge in [-0.05, 0) is 48.5 Å². The van der Waals surface area contributed by atoms with Crippen LogP contribution in [0, 0.1) is 0 Å². The Morgan fingerprint density at radius 2 is 1.63 bits per heavy atom. The number of amides is 3. The van der Waals surface area contributed by atoms with Gasteiger partial charge in [0.1, 0.15) is 17.5 Å². The number of nitrogens with one attached hydrogen (secondary N) is 2. The molecule has 2 N–H and O–H groups in total. The summed E-state index contributed by atoms with van der Waals surface area (Å²) in [5.74, 6) is 0.542. The molecule has 1 saturated heterocycles. The highest BCUT2D eigenvalue weighted by atomic mass is 19.4. The number of aromatic nitrogens is 2. The number of benzene rings is 2. The zero-order chi connectivity index (χ0) is 21.3. The van der Waals surface area contributed by atoms with E-state index >= 15 is 0 Å². The Morgan fingerprint density at radius 1 is 1.00 bits per heavy atom. The number of hydrogen-bond donors (Lipinski definition) is 2. The molecule has 1 atom stereocenters. The number of nitrogens with zero attached hydrogens (tertiary/aromatic N) is 2. The summed E-state index contributed by atoms with van der Waals surface area (Å²) in [5, 5.41) is 8.47. The number of halogens is 3. The van der Waals surface area contributed by atoms with Crippen LogP contribution in [0.2, 0.25) is 0 Å². The van der Waals surface area contributed by atoms with Gasteiger partial charge in [-0.15, -0.1) is 0 Å². The largest absolute Gasteiger partial charge is 0.457 e. The van der Waals surface area contributed by atoms with Crippen LogP contribution in [0.4, 0.5) is 18.0 Å². The minimum absolute atomic E-state index is 0.0206. The molecule has 0 bridgehead atoms. The quantitative estimate of drug-likeness (QED) is 0.667. The van der Waals surface area contributed by atoms with Crippen molar-refractivity contribution in [2.75, 3.05) is 0 Å². The van der Waals surface area contributed by atoms with E-state index in [1.165, 1.54) is 12.1 Å². The zero-order valence-corrected chi connectivity index (χ0v) is 15.1. The highest BCUT2D eigenvalue weighted by Gasteiger charge is 2.30. The Kier molecular flexibility index (Phi) is 4.86. The molecule has 30 heavy (non-hydrogen) atoms. The minimum atomic E-state index is -4.41. The molecule has 1 aliphatic heterocycles. The Balaban J connectivity index is 1.44. The van der Waals surface area contributed by atoms with Crippen molar-refractivity contribution in [2.24, 2.45) is 0 Å². The smallest absolute Gasteiger partial charge is 0.416 e. The van der Waals surface area contributed by atoms with Gasteiger partial charge in [0, 0.05) is 5.56 Å². The van der Waals surface area contributed by atoms with E-state index in [0.717, 1.165) is 12.1 Å². The lowest BCUT2D eigenvalue weighted by Gasteiger charge is -2.19. The first-order valence-electron chi connectivity index (χ1n) is 8.67. The predicted molar refractivity (Wildman–Crippen MR) is 95.3 cm³/mol. The van der Waals surface area contributed by atoms with Crippen LogP contribution in [0.3, 0.4) is 0 Å². The Bertz CT molecular complexity index is 1060. The average Bonchev–Trinajstić information content (AvgIpc) is 3.18. The van der Waals surface area contributed by atoms with E-state index in [4.69, 9.17) is 9.26 Å². The van der Waals surface area contributed by atoms with E-state index in [1.54, 1.807) is 24.3 Å². The lowest BCUT2D eigenvalue weighted by atomic mass is 10.1. The number of urea groups is 1. The number of carbonyl (C=O) groups excluding carboxylic acids is 2. The van der Waals surface area contributed by atoms with Gasteiger partial charge in [-0.25, -0.2) is 4.79 Å². The molecule has 1 unspecified atom stereocenters. The molecule has 4 rings (SSSR count). The standard InChI is InChI=1S/C19H13F3N4O4/c20-19(21,22)11-3-7-13(8-4-11)29-12-5-1-10(2-6-12)16-25-17(30-26-16)14-9-15(27)24-18(28)23-14/h1-8,14H,9H2,(H2,23,24,27,28). The van der Waals surface area contributed by atoms with Gasteiger partial charge in [-0.1, -0.05) is 5.16 Å². The Labute approximate surface area is 167 Å². The second-order valence-electron chi connectivity index (χ2n) is 6.38. The Hall–Kier alpha value is -3.89. The summed E-state index contributed by atoms with van der Waals surface area (Å²) in [6, 6.07) is 9.46. The van der Waals surface area contributed by atoms with Crippen molar-refractivity contribution >= 4 is 11.9 Å². The third kappa shape index (κ3) is 4.24. The number of rotatable bonds is 4. The number of ether oxygens (including phenoxy) is 1. The molecule has 2 aromatic carbocycles. The topological polar surface area (TPSA) is 106 Å². The van der Waals surface area contributed by atoms with Crippen LogP contribution in [0.25, 0.3) is 11.4 Å². The van der Waals surface area contributed by atoms with Gasteiger partial charge in [0.25, 0.3) is 0 Å². The monoisotopic (exact) mass is 418 g/mol. The van der Waals surface area contributed by atoms with Crippen molar-refractivity contribution in [3.05, 3.63) is 60.0 Å². The fourth-order valence-electron chi connectivity index (χ4n) is 2.77. The molecular formula is C19H13F3N4O4. The highest BCUT2D eigenvalue weighted by molar-refractivity contribution is 5.97. The van der Waals surface area contributed by atoms with Gasteiger partial charge in [-0.2, -0.15) is 18.2 Å². The number of alkyl halides is 3. The maximum atomic E-state index is 12.6. The molecule has 0 radical (unpaired) electrons. The van der Waals surface area contributed by atoms with Gasteiger partial charge >= 0.3 is 12.2 Å². The van der Waals surface area contributed by atoms with Crippen molar-refractivity contribution in [3.8, 4) is 22.9 Å². The van der Waals surface area contributed by atoms with Gasteiger partial charge < -0.3 is 14.6 Å². The van der Waals surface area contributed by atoms with Crippen molar-refractivity contribution in [2.45, 2.75) is 18.6 Å². The molecule has 2 heterocycles. The summed E-state index contributed by atoms with van der Waals surface area (Å²) in [5.41, 5.74) is -0.180. The average molecular weight is 418 g/mol. The molecule has 1 fully saturated rings. The number of hydrogen-bond acceptors (Lipinski definition) is 6. The summed E-state index contributed by atoms with van der Waals surface area (Å²) in [4.78, 5) is 27.0.